The summed E-state index contributed by atoms with van der Waals surface area (Å²) in [7, 11) is 1.74. The van der Waals surface area contributed by atoms with Crippen molar-refractivity contribution in [1.29, 1.82) is 0 Å². The molecule has 1 aromatic carbocycles. The number of anilines is 1. The zero-order chi connectivity index (χ0) is 16.9. The molecule has 1 aliphatic rings. The topological polar surface area (TPSA) is 73.4 Å². The first-order valence-electron chi connectivity index (χ1n) is 7.87. The van der Waals surface area contributed by atoms with Gasteiger partial charge in [0.15, 0.2) is 0 Å². The Labute approximate surface area is 141 Å². The third-order valence-electron chi connectivity index (χ3n) is 3.88. The number of allylic oxidation sites excluding steroid dienone is 4. The molecule has 0 fully saturated rings. The van der Waals surface area contributed by atoms with Crippen molar-refractivity contribution in [2.45, 2.75) is 19.8 Å². The highest BCUT2D eigenvalue weighted by Gasteiger charge is 2.14. The van der Waals surface area contributed by atoms with Gasteiger partial charge >= 0.3 is 0 Å². The molecule has 0 unspecified atom stereocenters. The summed E-state index contributed by atoms with van der Waals surface area (Å²) in [5.41, 5.74) is 9.32. The van der Waals surface area contributed by atoms with E-state index in [0.29, 0.717) is 5.82 Å². The quantitative estimate of drug-likeness (QED) is 0.876. The number of hydrogen-bond acceptors (Lipinski definition) is 5. The standard InChI is InChI=1S/C19H20N4O/c1-13-17(19(20)23-12-22-13)18(21-2)14-8-10-16(11-9-14)24-15-6-4-3-5-7-15/h3-4,6,8-12H,5,7H2,1-2H3,(H2,20,22,23)/b21-18-. The Morgan fingerprint density at radius 3 is 2.62 bits per heavy atom. The van der Waals surface area contributed by atoms with Crippen LogP contribution in [0.2, 0.25) is 0 Å². The number of rotatable bonds is 4. The number of nitrogen functional groups attached to an aromatic ring is 1. The number of nitrogens with two attached hydrogens (primary N) is 1. The van der Waals surface area contributed by atoms with Gasteiger partial charge < -0.3 is 10.5 Å². The van der Waals surface area contributed by atoms with Crippen molar-refractivity contribution in [2.24, 2.45) is 4.99 Å². The summed E-state index contributed by atoms with van der Waals surface area (Å²) in [6.07, 6.45) is 9.57. The largest absolute Gasteiger partial charge is 0.462 e. The highest BCUT2D eigenvalue weighted by molar-refractivity contribution is 6.15. The van der Waals surface area contributed by atoms with Crippen LogP contribution in [0.25, 0.3) is 0 Å². The fourth-order valence-corrected chi connectivity index (χ4v) is 2.67. The van der Waals surface area contributed by atoms with Gasteiger partial charge in [-0.3, -0.25) is 4.99 Å². The Morgan fingerprint density at radius 1 is 1.21 bits per heavy atom. The molecule has 24 heavy (non-hydrogen) atoms. The predicted molar refractivity (Wildman–Crippen MR) is 96.3 cm³/mol. The number of hydrogen-bond donors (Lipinski definition) is 1. The number of aromatic nitrogens is 2. The predicted octanol–water partition coefficient (Wildman–Crippen LogP) is 3.45. The Balaban J connectivity index is 1.86. The van der Waals surface area contributed by atoms with Crippen LogP contribution in [-0.4, -0.2) is 22.7 Å². The molecule has 3 rings (SSSR count). The monoisotopic (exact) mass is 320 g/mol. The van der Waals surface area contributed by atoms with Crippen molar-refractivity contribution in [3.8, 4) is 5.75 Å². The molecule has 0 amide bonds. The van der Waals surface area contributed by atoms with E-state index in [2.05, 4.69) is 21.0 Å². The minimum absolute atomic E-state index is 0.433. The molecule has 2 aromatic rings. The lowest BCUT2D eigenvalue weighted by atomic mass is 10.0. The van der Waals surface area contributed by atoms with Crippen LogP contribution in [0.5, 0.6) is 5.75 Å². The molecule has 0 radical (unpaired) electrons. The molecule has 1 aliphatic carbocycles. The fraction of sp³-hybridized carbons (Fsp3) is 0.211. The number of nitrogens with zero attached hydrogens (tertiary/aromatic N) is 3. The zero-order valence-electron chi connectivity index (χ0n) is 13.9. The van der Waals surface area contributed by atoms with E-state index in [1.807, 2.05) is 43.3 Å². The van der Waals surface area contributed by atoms with E-state index in [1.165, 1.54) is 6.33 Å². The summed E-state index contributed by atoms with van der Waals surface area (Å²) >= 11 is 0. The Bertz CT molecular complexity index is 800. The average molecular weight is 320 g/mol. The molecule has 0 bridgehead atoms. The van der Waals surface area contributed by atoms with Gasteiger partial charge in [0.05, 0.1) is 17.0 Å². The van der Waals surface area contributed by atoms with E-state index in [0.717, 1.165) is 46.9 Å². The van der Waals surface area contributed by atoms with Crippen LogP contribution >= 0.6 is 0 Å². The van der Waals surface area contributed by atoms with Crippen molar-refractivity contribution in [3.05, 3.63) is 71.4 Å². The van der Waals surface area contributed by atoms with Gasteiger partial charge in [0.25, 0.3) is 0 Å². The van der Waals surface area contributed by atoms with Crippen molar-refractivity contribution in [1.82, 2.24) is 9.97 Å². The minimum atomic E-state index is 0.433. The molecule has 0 spiro atoms. The van der Waals surface area contributed by atoms with Gasteiger partial charge in [-0.05, 0) is 43.7 Å². The summed E-state index contributed by atoms with van der Waals surface area (Å²) in [4.78, 5) is 12.7. The molecule has 122 valence electrons. The zero-order valence-corrected chi connectivity index (χ0v) is 13.9. The first-order valence-corrected chi connectivity index (χ1v) is 7.87. The lowest BCUT2D eigenvalue weighted by Gasteiger charge is -2.13. The molecular formula is C19H20N4O. The van der Waals surface area contributed by atoms with Gasteiger partial charge in [-0.2, -0.15) is 0 Å². The van der Waals surface area contributed by atoms with E-state index in [-0.39, 0.29) is 0 Å². The Kier molecular flexibility index (Phi) is 4.70. The average Bonchev–Trinajstić information content (AvgIpc) is 2.60. The van der Waals surface area contributed by atoms with Gasteiger partial charge in [-0.15, -0.1) is 0 Å². The number of benzene rings is 1. The van der Waals surface area contributed by atoms with Crippen molar-refractivity contribution < 1.29 is 4.74 Å². The second-order valence-electron chi connectivity index (χ2n) is 5.52. The number of aryl methyl sites for hydroxylation is 1. The molecule has 0 saturated carbocycles. The molecule has 0 saturated heterocycles. The lowest BCUT2D eigenvalue weighted by molar-refractivity contribution is 0.402. The highest BCUT2D eigenvalue weighted by atomic mass is 16.5. The van der Waals surface area contributed by atoms with Crippen LogP contribution in [0, 0.1) is 6.92 Å². The second-order valence-corrected chi connectivity index (χ2v) is 5.52. The van der Waals surface area contributed by atoms with Crippen LogP contribution in [0.15, 0.2) is 59.6 Å². The van der Waals surface area contributed by atoms with Gasteiger partial charge in [0.2, 0.25) is 0 Å². The molecule has 0 aliphatic heterocycles. The number of aliphatic imine (C=N–C) groups is 1. The first-order chi connectivity index (χ1) is 11.7. The Hall–Kier alpha value is -2.95. The summed E-state index contributed by atoms with van der Waals surface area (Å²) in [6, 6.07) is 7.83. The molecular weight excluding hydrogens is 300 g/mol. The summed E-state index contributed by atoms with van der Waals surface area (Å²) in [5, 5.41) is 0. The normalized spacial score (nSPS) is 14.4. The molecule has 5 nitrogen and oxygen atoms in total. The molecule has 0 atom stereocenters. The lowest BCUT2D eigenvalue weighted by Crippen LogP contribution is -2.11. The van der Waals surface area contributed by atoms with Gasteiger partial charge in [0, 0.05) is 19.0 Å². The van der Waals surface area contributed by atoms with Crippen molar-refractivity contribution >= 4 is 11.5 Å². The molecule has 1 heterocycles. The van der Waals surface area contributed by atoms with Gasteiger partial charge in [-0.1, -0.05) is 12.2 Å². The third kappa shape index (κ3) is 3.35. The van der Waals surface area contributed by atoms with Crippen LogP contribution in [0.3, 0.4) is 0 Å². The van der Waals surface area contributed by atoms with E-state index in [1.54, 1.807) is 7.05 Å². The van der Waals surface area contributed by atoms with Gasteiger partial charge in [0.1, 0.15) is 23.7 Å². The van der Waals surface area contributed by atoms with Crippen LogP contribution in [0.4, 0.5) is 5.82 Å². The van der Waals surface area contributed by atoms with Crippen LogP contribution < -0.4 is 10.5 Å². The number of ether oxygens (including phenoxy) is 1. The Morgan fingerprint density at radius 2 is 2.00 bits per heavy atom. The van der Waals surface area contributed by atoms with Crippen LogP contribution in [0.1, 0.15) is 29.7 Å². The van der Waals surface area contributed by atoms with Crippen molar-refractivity contribution in [3.63, 3.8) is 0 Å². The summed E-state index contributed by atoms with van der Waals surface area (Å²) in [5.74, 6) is 2.22. The highest BCUT2D eigenvalue weighted by Crippen LogP contribution is 2.23. The minimum Gasteiger partial charge on any atom is -0.462 e. The van der Waals surface area contributed by atoms with E-state index < -0.39 is 0 Å². The molecule has 5 heteroatoms. The maximum absolute atomic E-state index is 6.02. The van der Waals surface area contributed by atoms with E-state index >= 15 is 0 Å². The van der Waals surface area contributed by atoms with Crippen LogP contribution in [-0.2, 0) is 0 Å². The van der Waals surface area contributed by atoms with Gasteiger partial charge in [-0.25, -0.2) is 9.97 Å². The second kappa shape index (κ2) is 7.08. The third-order valence-corrected chi connectivity index (χ3v) is 3.88. The summed E-state index contributed by atoms with van der Waals surface area (Å²) in [6.45, 7) is 1.90. The smallest absolute Gasteiger partial charge is 0.136 e. The summed E-state index contributed by atoms with van der Waals surface area (Å²) < 4.78 is 5.90. The first kappa shape index (κ1) is 15.9. The maximum atomic E-state index is 6.02. The SMILES string of the molecule is C/N=C(/c1ccc(OC2=CC=CCC2)cc1)c1c(C)ncnc1N. The molecule has 1 aromatic heterocycles. The fourth-order valence-electron chi connectivity index (χ4n) is 2.67. The molecule has 2 N–H and O–H groups in total. The van der Waals surface area contributed by atoms with Crippen molar-refractivity contribution in [2.75, 3.05) is 12.8 Å². The van der Waals surface area contributed by atoms with E-state index in [9.17, 15) is 0 Å². The maximum Gasteiger partial charge on any atom is 0.136 e. The van der Waals surface area contributed by atoms with E-state index in [4.69, 9.17) is 10.5 Å².